The molecule has 1 aromatic carbocycles. The highest BCUT2D eigenvalue weighted by Crippen LogP contribution is 2.29. The Hall–Kier alpha value is -3.00. The molecule has 0 radical (unpaired) electrons. The quantitative estimate of drug-likeness (QED) is 0.662. The zero-order valence-corrected chi connectivity index (χ0v) is 17.0. The average Bonchev–Trinajstić information content (AvgIpc) is 3.42. The number of benzene rings is 1. The van der Waals surface area contributed by atoms with Crippen molar-refractivity contribution in [3.63, 3.8) is 0 Å². The van der Waals surface area contributed by atoms with Gasteiger partial charge < -0.3 is 9.32 Å². The van der Waals surface area contributed by atoms with Gasteiger partial charge in [-0.15, -0.1) is 5.10 Å². The van der Waals surface area contributed by atoms with E-state index in [9.17, 15) is 4.79 Å². The molecule has 0 aliphatic carbocycles. The van der Waals surface area contributed by atoms with Crippen molar-refractivity contribution in [2.75, 3.05) is 26.2 Å². The predicted molar refractivity (Wildman–Crippen MR) is 107 cm³/mol. The molecule has 1 saturated heterocycles. The first-order valence-electron chi connectivity index (χ1n) is 9.95. The van der Waals surface area contributed by atoms with E-state index >= 15 is 0 Å². The number of hydrogen-bond donors (Lipinski definition) is 0. The summed E-state index contributed by atoms with van der Waals surface area (Å²) in [6, 6.07) is 12.1. The number of aryl methyl sites for hydroxylation is 1. The lowest BCUT2D eigenvalue weighted by Gasteiger charge is -2.38. The van der Waals surface area contributed by atoms with Crippen LogP contribution in [0.4, 0.5) is 0 Å². The SMILES string of the molecule is Cc1ccc([C@@H](c2nnnn2C(C)C)N2CCN(C(=O)c3ccco3)CC2)cc1. The number of piperazine rings is 1. The molecule has 1 atom stereocenters. The Morgan fingerprint density at radius 1 is 1.07 bits per heavy atom. The summed E-state index contributed by atoms with van der Waals surface area (Å²) < 4.78 is 7.15. The van der Waals surface area contributed by atoms with Crippen LogP contribution in [-0.4, -0.2) is 62.1 Å². The van der Waals surface area contributed by atoms with Crippen molar-refractivity contribution in [3.05, 3.63) is 65.4 Å². The van der Waals surface area contributed by atoms with Crippen molar-refractivity contribution in [1.82, 2.24) is 30.0 Å². The van der Waals surface area contributed by atoms with E-state index in [2.05, 4.69) is 65.5 Å². The van der Waals surface area contributed by atoms with Gasteiger partial charge in [0.2, 0.25) is 0 Å². The normalized spacial score (nSPS) is 16.3. The maximum Gasteiger partial charge on any atom is 0.289 e. The second kappa shape index (κ2) is 8.16. The molecule has 1 aliphatic heterocycles. The molecule has 0 spiro atoms. The third-order valence-electron chi connectivity index (χ3n) is 5.34. The maximum absolute atomic E-state index is 12.6. The second-order valence-corrected chi connectivity index (χ2v) is 7.69. The van der Waals surface area contributed by atoms with Gasteiger partial charge in [0.25, 0.3) is 5.91 Å². The highest BCUT2D eigenvalue weighted by atomic mass is 16.3. The van der Waals surface area contributed by atoms with Crippen LogP contribution < -0.4 is 0 Å². The Morgan fingerprint density at radius 2 is 1.79 bits per heavy atom. The Morgan fingerprint density at radius 3 is 2.41 bits per heavy atom. The molecule has 0 N–H and O–H groups in total. The molecule has 3 heterocycles. The van der Waals surface area contributed by atoms with Gasteiger partial charge in [0.1, 0.15) is 0 Å². The van der Waals surface area contributed by atoms with Gasteiger partial charge in [-0.3, -0.25) is 9.69 Å². The van der Waals surface area contributed by atoms with Crippen LogP contribution in [0.5, 0.6) is 0 Å². The third kappa shape index (κ3) is 3.93. The van der Waals surface area contributed by atoms with Crippen LogP contribution >= 0.6 is 0 Å². The molecule has 0 bridgehead atoms. The largest absolute Gasteiger partial charge is 0.459 e. The van der Waals surface area contributed by atoms with Gasteiger partial charge in [-0.2, -0.15) is 0 Å². The van der Waals surface area contributed by atoms with Crippen molar-refractivity contribution in [1.29, 1.82) is 0 Å². The molecule has 4 rings (SSSR count). The monoisotopic (exact) mass is 394 g/mol. The van der Waals surface area contributed by atoms with Gasteiger partial charge >= 0.3 is 0 Å². The molecule has 3 aromatic rings. The van der Waals surface area contributed by atoms with Crippen LogP contribution in [-0.2, 0) is 0 Å². The first-order chi connectivity index (χ1) is 14.0. The number of carbonyl (C=O) groups is 1. The molecule has 1 fully saturated rings. The maximum atomic E-state index is 12.6. The van der Waals surface area contributed by atoms with Gasteiger partial charge in [0.05, 0.1) is 18.3 Å². The van der Waals surface area contributed by atoms with Crippen LogP contribution in [0.1, 0.15) is 53.4 Å². The van der Waals surface area contributed by atoms with E-state index in [1.54, 1.807) is 12.1 Å². The Balaban J connectivity index is 1.58. The van der Waals surface area contributed by atoms with Crippen molar-refractivity contribution in [2.45, 2.75) is 32.9 Å². The predicted octanol–water partition coefficient (Wildman–Crippen LogP) is 2.70. The molecule has 2 aromatic heterocycles. The number of tetrazole rings is 1. The van der Waals surface area contributed by atoms with Gasteiger partial charge in [0, 0.05) is 26.2 Å². The van der Waals surface area contributed by atoms with E-state index in [1.165, 1.54) is 11.8 Å². The fourth-order valence-electron chi connectivity index (χ4n) is 3.76. The lowest BCUT2D eigenvalue weighted by Crippen LogP contribution is -2.50. The number of aromatic nitrogens is 4. The first-order valence-corrected chi connectivity index (χ1v) is 9.95. The highest BCUT2D eigenvalue weighted by molar-refractivity contribution is 5.91. The number of furan rings is 1. The van der Waals surface area contributed by atoms with Gasteiger partial charge in [0.15, 0.2) is 11.6 Å². The summed E-state index contributed by atoms with van der Waals surface area (Å²) in [5.41, 5.74) is 2.36. The summed E-state index contributed by atoms with van der Waals surface area (Å²) in [5, 5.41) is 12.5. The van der Waals surface area contributed by atoms with Crippen LogP contribution in [0.25, 0.3) is 0 Å². The summed E-state index contributed by atoms with van der Waals surface area (Å²) in [6.45, 7) is 8.95. The van der Waals surface area contributed by atoms with E-state index in [1.807, 2.05) is 9.58 Å². The molecule has 29 heavy (non-hydrogen) atoms. The first kappa shape index (κ1) is 19.3. The Kier molecular flexibility index (Phi) is 5.44. The zero-order chi connectivity index (χ0) is 20.4. The van der Waals surface area contributed by atoms with E-state index in [0.717, 1.165) is 24.5 Å². The van der Waals surface area contributed by atoms with E-state index in [-0.39, 0.29) is 18.0 Å². The lowest BCUT2D eigenvalue weighted by molar-refractivity contribution is 0.0558. The molecular formula is C21H26N6O2. The van der Waals surface area contributed by atoms with Crippen molar-refractivity contribution in [3.8, 4) is 0 Å². The molecule has 8 nitrogen and oxygen atoms in total. The summed E-state index contributed by atoms with van der Waals surface area (Å²) >= 11 is 0. The molecule has 8 heteroatoms. The minimum Gasteiger partial charge on any atom is -0.459 e. The van der Waals surface area contributed by atoms with Crippen molar-refractivity contribution in [2.24, 2.45) is 0 Å². The van der Waals surface area contributed by atoms with Crippen LogP contribution in [0.2, 0.25) is 0 Å². The topological polar surface area (TPSA) is 80.3 Å². The smallest absolute Gasteiger partial charge is 0.289 e. The van der Waals surface area contributed by atoms with Gasteiger partial charge in [-0.1, -0.05) is 29.8 Å². The summed E-state index contributed by atoms with van der Waals surface area (Å²) in [6.07, 6.45) is 1.53. The number of amides is 1. The Labute approximate surface area is 170 Å². The fraction of sp³-hybridized carbons (Fsp3) is 0.429. The number of carbonyl (C=O) groups excluding carboxylic acids is 1. The molecule has 1 amide bonds. The number of hydrogen-bond acceptors (Lipinski definition) is 6. The summed E-state index contributed by atoms with van der Waals surface area (Å²) in [5.74, 6) is 1.15. The summed E-state index contributed by atoms with van der Waals surface area (Å²) in [4.78, 5) is 16.8. The molecular weight excluding hydrogens is 368 g/mol. The molecule has 0 unspecified atom stereocenters. The number of rotatable bonds is 5. The Bertz CT molecular complexity index is 940. The standard InChI is InChI=1S/C21H26N6O2/c1-15(2)27-20(22-23-24-27)19(17-8-6-16(3)7-9-17)25-10-12-26(13-11-25)21(28)18-5-4-14-29-18/h4-9,14-15,19H,10-13H2,1-3H3/t19-/m0/s1. The second-order valence-electron chi connectivity index (χ2n) is 7.69. The number of nitrogens with zero attached hydrogens (tertiary/aromatic N) is 6. The highest BCUT2D eigenvalue weighted by Gasteiger charge is 2.32. The van der Waals surface area contributed by atoms with Gasteiger partial charge in [-0.05, 0) is 48.9 Å². The third-order valence-corrected chi connectivity index (χ3v) is 5.34. The van der Waals surface area contributed by atoms with E-state index in [4.69, 9.17) is 4.42 Å². The average molecular weight is 394 g/mol. The lowest BCUT2D eigenvalue weighted by atomic mass is 10.0. The van der Waals surface area contributed by atoms with Crippen LogP contribution in [0, 0.1) is 6.92 Å². The van der Waals surface area contributed by atoms with E-state index in [0.29, 0.717) is 18.8 Å². The van der Waals surface area contributed by atoms with Crippen LogP contribution in [0.15, 0.2) is 47.1 Å². The van der Waals surface area contributed by atoms with E-state index < -0.39 is 0 Å². The molecule has 152 valence electrons. The summed E-state index contributed by atoms with van der Waals surface area (Å²) in [7, 11) is 0. The van der Waals surface area contributed by atoms with Crippen LogP contribution in [0.3, 0.4) is 0 Å². The van der Waals surface area contributed by atoms with Crippen molar-refractivity contribution < 1.29 is 9.21 Å². The minimum absolute atomic E-state index is 0.0612. The van der Waals surface area contributed by atoms with Crippen molar-refractivity contribution >= 4 is 5.91 Å². The van der Waals surface area contributed by atoms with Gasteiger partial charge in [-0.25, -0.2) is 4.68 Å². The molecule has 0 saturated carbocycles. The fourth-order valence-corrected chi connectivity index (χ4v) is 3.76. The zero-order valence-electron chi connectivity index (χ0n) is 17.0. The molecule has 1 aliphatic rings. The minimum atomic E-state index is -0.0615.